The summed E-state index contributed by atoms with van der Waals surface area (Å²) in [6.07, 6.45) is 3.98. The Labute approximate surface area is 118 Å². The second-order valence-corrected chi connectivity index (χ2v) is 5.19. The molecule has 94 valence electrons. The molecule has 0 heterocycles. The maximum absolute atomic E-state index is 9.29. The van der Waals surface area contributed by atoms with Crippen molar-refractivity contribution in [1.82, 2.24) is 0 Å². The average molecular weight is 265 g/mol. The normalized spacial score (nSPS) is 11.1. The van der Waals surface area contributed by atoms with Gasteiger partial charge in [0.15, 0.2) is 0 Å². The van der Waals surface area contributed by atoms with E-state index in [-0.39, 0.29) is 0 Å². The monoisotopic (exact) mass is 265 g/mol. The molecular weight excluding hydrogens is 250 g/mol. The third-order valence-corrected chi connectivity index (χ3v) is 3.65. The van der Waals surface area contributed by atoms with E-state index in [2.05, 4.69) is 24.5 Å². The zero-order chi connectivity index (χ0) is 13.7. The van der Waals surface area contributed by atoms with E-state index < -0.39 is 0 Å². The van der Waals surface area contributed by atoms with Gasteiger partial charge >= 0.3 is 0 Å². The van der Waals surface area contributed by atoms with Crippen LogP contribution >= 0.6 is 11.8 Å². The van der Waals surface area contributed by atoms with Crippen molar-refractivity contribution < 1.29 is 0 Å². The molecule has 0 radical (unpaired) electrons. The first-order valence-electron chi connectivity index (χ1n) is 6.06. The summed E-state index contributed by atoms with van der Waals surface area (Å²) < 4.78 is 0. The molecule has 0 unspecified atom stereocenters. The summed E-state index contributed by atoms with van der Waals surface area (Å²) in [4.78, 5) is 1.23. The number of aryl methyl sites for hydroxylation is 1. The van der Waals surface area contributed by atoms with Gasteiger partial charge in [-0.15, -0.1) is 11.8 Å². The van der Waals surface area contributed by atoms with Crippen molar-refractivity contribution in [2.45, 2.75) is 11.8 Å². The number of benzene rings is 2. The topological polar surface area (TPSA) is 23.8 Å². The Hall–Kier alpha value is -1.98. The molecule has 0 aliphatic rings. The van der Waals surface area contributed by atoms with Gasteiger partial charge in [-0.05, 0) is 42.5 Å². The van der Waals surface area contributed by atoms with E-state index in [0.717, 1.165) is 11.1 Å². The summed E-state index contributed by atoms with van der Waals surface area (Å²) in [5, 5.41) is 9.29. The lowest BCUT2D eigenvalue weighted by atomic mass is 10.0. The van der Waals surface area contributed by atoms with Crippen LogP contribution in [0.1, 0.15) is 16.7 Å². The van der Waals surface area contributed by atoms with Gasteiger partial charge in [-0.1, -0.05) is 42.0 Å². The standard InChI is InChI=1S/C17H15NS/c1-13-3-7-15(8-4-13)16(12-18)11-14-5-9-17(19-2)10-6-14/h3-11H,1-2H3/b16-11-. The number of nitriles is 1. The largest absolute Gasteiger partial charge is 0.192 e. The molecule has 2 heteroatoms. The van der Waals surface area contributed by atoms with E-state index in [4.69, 9.17) is 0 Å². The van der Waals surface area contributed by atoms with Crippen LogP contribution in [0.2, 0.25) is 0 Å². The molecule has 2 aromatic rings. The first-order valence-corrected chi connectivity index (χ1v) is 7.28. The Morgan fingerprint density at radius 2 is 1.68 bits per heavy atom. The molecule has 0 fully saturated rings. The fourth-order valence-electron chi connectivity index (χ4n) is 1.78. The molecule has 0 aliphatic carbocycles. The first-order chi connectivity index (χ1) is 9.22. The minimum atomic E-state index is 0.692. The molecule has 0 saturated heterocycles. The molecule has 0 N–H and O–H groups in total. The highest BCUT2D eigenvalue weighted by Gasteiger charge is 2.00. The van der Waals surface area contributed by atoms with Crippen LogP contribution in [0.4, 0.5) is 0 Å². The molecule has 0 bridgehead atoms. The highest BCUT2D eigenvalue weighted by Crippen LogP contribution is 2.20. The lowest BCUT2D eigenvalue weighted by Crippen LogP contribution is -1.83. The van der Waals surface area contributed by atoms with Crippen LogP contribution in [-0.4, -0.2) is 6.26 Å². The van der Waals surface area contributed by atoms with Gasteiger partial charge in [-0.3, -0.25) is 0 Å². The Morgan fingerprint density at radius 1 is 1.05 bits per heavy atom. The summed E-state index contributed by atoms with van der Waals surface area (Å²) in [6, 6.07) is 18.5. The van der Waals surface area contributed by atoms with E-state index >= 15 is 0 Å². The van der Waals surface area contributed by atoms with Crippen molar-refractivity contribution in [1.29, 1.82) is 5.26 Å². The second kappa shape index (κ2) is 6.26. The van der Waals surface area contributed by atoms with Crippen molar-refractivity contribution in [2.24, 2.45) is 0 Å². The van der Waals surface area contributed by atoms with Crippen molar-refractivity contribution in [3.05, 3.63) is 65.2 Å². The van der Waals surface area contributed by atoms with Gasteiger partial charge in [-0.25, -0.2) is 0 Å². The highest BCUT2D eigenvalue weighted by molar-refractivity contribution is 7.98. The molecule has 0 saturated carbocycles. The molecule has 0 aliphatic heterocycles. The summed E-state index contributed by atoms with van der Waals surface area (Å²) in [5.41, 5.74) is 3.90. The van der Waals surface area contributed by atoms with Gasteiger partial charge in [0.05, 0.1) is 11.6 Å². The van der Waals surface area contributed by atoms with E-state index in [1.165, 1.54) is 10.5 Å². The smallest absolute Gasteiger partial charge is 0.0998 e. The summed E-state index contributed by atoms with van der Waals surface area (Å²) in [5.74, 6) is 0. The Morgan fingerprint density at radius 3 is 2.21 bits per heavy atom. The molecule has 0 spiro atoms. The average Bonchev–Trinajstić information content (AvgIpc) is 2.46. The van der Waals surface area contributed by atoms with Crippen LogP contribution < -0.4 is 0 Å². The van der Waals surface area contributed by atoms with Crippen LogP contribution in [-0.2, 0) is 0 Å². The zero-order valence-corrected chi connectivity index (χ0v) is 11.9. The van der Waals surface area contributed by atoms with Crippen molar-refractivity contribution in [3.63, 3.8) is 0 Å². The lowest BCUT2D eigenvalue weighted by Gasteiger charge is -2.01. The fourth-order valence-corrected chi connectivity index (χ4v) is 2.19. The zero-order valence-electron chi connectivity index (χ0n) is 11.1. The molecule has 0 aromatic heterocycles. The number of thioether (sulfide) groups is 1. The van der Waals surface area contributed by atoms with Gasteiger partial charge in [0.1, 0.15) is 0 Å². The summed E-state index contributed by atoms with van der Waals surface area (Å²) >= 11 is 1.71. The molecule has 0 atom stereocenters. The Balaban J connectivity index is 2.33. The van der Waals surface area contributed by atoms with E-state index in [1.54, 1.807) is 11.8 Å². The van der Waals surface area contributed by atoms with Crippen molar-refractivity contribution >= 4 is 23.4 Å². The molecule has 19 heavy (non-hydrogen) atoms. The van der Waals surface area contributed by atoms with Crippen LogP contribution in [0.5, 0.6) is 0 Å². The lowest BCUT2D eigenvalue weighted by molar-refractivity contribution is 1.44. The van der Waals surface area contributed by atoms with Gasteiger partial charge in [-0.2, -0.15) is 5.26 Å². The van der Waals surface area contributed by atoms with Crippen molar-refractivity contribution in [2.75, 3.05) is 6.26 Å². The van der Waals surface area contributed by atoms with Crippen molar-refractivity contribution in [3.8, 4) is 6.07 Å². The van der Waals surface area contributed by atoms with Crippen LogP contribution in [0.3, 0.4) is 0 Å². The third kappa shape index (κ3) is 3.49. The predicted molar refractivity (Wildman–Crippen MR) is 82.9 cm³/mol. The SMILES string of the molecule is CSc1ccc(/C=C(/C#N)c2ccc(C)cc2)cc1. The van der Waals surface area contributed by atoms with Gasteiger partial charge in [0.25, 0.3) is 0 Å². The molecule has 1 nitrogen and oxygen atoms in total. The third-order valence-electron chi connectivity index (χ3n) is 2.91. The van der Waals surface area contributed by atoms with E-state index in [9.17, 15) is 5.26 Å². The van der Waals surface area contributed by atoms with Gasteiger partial charge in [0, 0.05) is 4.90 Å². The van der Waals surface area contributed by atoms with Gasteiger partial charge in [0.2, 0.25) is 0 Å². The van der Waals surface area contributed by atoms with Gasteiger partial charge < -0.3 is 0 Å². The van der Waals surface area contributed by atoms with E-state index in [0.29, 0.717) is 5.57 Å². The number of nitrogens with zero attached hydrogens (tertiary/aromatic N) is 1. The number of allylic oxidation sites excluding steroid dienone is 1. The minimum Gasteiger partial charge on any atom is -0.192 e. The maximum Gasteiger partial charge on any atom is 0.0998 e. The predicted octanol–water partition coefficient (Wildman–Crippen LogP) is 4.78. The van der Waals surface area contributed by atoms with E-state index in [1.807, 2.05) is 49.4 Å². The highest BCUT2D eigenvalue weighted by atomic mass is 32.2. The number of hydrogen-bond donors (Lipinski definition) is 0. The minimum absolute atomic E-state index is 0.692. The first kappa shape index (κ1) is 13.5. The summed E-state index contributed by atoms with van der Waals surface area (Å²) in [7, 11) is 0. The van der Waals surface area contributed by atoms with Crippen LogP contribution in [0.15, 0.2) is 53.4 Å². The molecular formula is C17H15NS. The fraction of sp³-hybridized carbons (Fsp3) is 0.118. The summed E-state index contributed by atoms with van der Waals surface area (Å²) in [6.45, 7) is 2.04. The Kier molecular flexibility index (Phi) is 4.43. The van der Waals surface area contributed by atoms with Crippen LogP contribution in [0.25, 0.3) is 11.6 Å². The molecule has 2 rings (SSSR count). The van der Waals surface area contributed by atoms with Crippen LogP contribution in [0, 0.1) is 18.3 Å². The quantitative estimate of drug-likeness (QED) is 0.453. The molecule has 0 amide bonds. The number of rotatable bonds is 3. The Bertz CT molecular complexity index is 616. The second-order valence-electron chi connectivity index (χ2n) is 4.31. The maximum atomic E-state index is 9.29. The molecule has 2 aromatic carbocycles. The number of hydrogen-bond acceptors (Lipinski definition) is 2.